The summed E-state index contributed by atoms with van der Waals surface area (Å²) in [7, 11) is 1.56. The van der Waals surface area contributed by atoms with Gasteiger partial charge in [0.1, 0.15) is 11.4 Å². The molecule has 0 bridgehead atoms. The molecule has 3 aromatic rings. The Bertz CT molecular complexity index is 904. The van der Waals surface area contributed by atoms with Crippen LogP contribution in [0.5, 0.6) is 5.75 Å². The van der Waals surface area contributed by atoms with E-state index in [4.69, 9.17) is 4.74 Å². The number of pyridine rings is 1. The molecule has 0 saturated carbocycles. The summed E-state index contributed by atoms with van der Waals surface area (Å²) >= 11 is 0. The largest absolute Gasteiger partial charge is 0.496 e. The van der Waals surface area contributed by atoms with Gasteiger partial charge in [-0.3, -0.25) is 14.9 Å². The predicted octanol–water partition coefficient (Wildman–Crippen LogP) is 3.63. The minimum Gasteiger partial charge on any atom is -0.496 e. The van der Waals surface area contributed by atoms with Gasteiger partial charge in [-0.1, -0.05) is 0 Å². The van der Waals surface area contributed by atoms with Gasteiger partial charge >= 0.3 is 0 Å². The van der Waals surface area contributed by atoms with Gasteiger partial charge in [0.05, 0.1) is 17.5 Å². The second kappa shape index (κ2) is 5.84. The molecule has 0 spiro atoms. The van der Waals surface area contributed by atoms with E-state index >= 15 is 0 Å². The molecule has 0 aliphatic rings. The van der Waals surface area contributed by atoms with Crippen LogP contribution in [0.3, 0.4) is 0 Å². The number of carbonyl (C=O) groups excluding carboxylic acids is 1. The van der Waals surface area contributed by atoms with Crippen molar-refractivity contribution in [3.05, 3.63) is 64.3 Å². The number of ether oxygens (including phenoxy) is 1. The molecule has 0 radical (unpaired) electrons. The molecule has 1 aromatic heterocycles. The Balaban J connectivity index is 2.25. The van der Waals surface area contributed by atoms with Gasteiger partial charge in [-0.05, 0) is 42.0 Å². The second-order valence-corrected chi connectivity index (χ2v) is 4.87. The maximum Gasteiger partial charge on any atom is 0.269 e. The van der Waals surface area contributed by atoms with E-state index in [2.05, 4.69) is 4.98 Å². The van der Waals surface area contributed by atoms with E-state index in [1.165, 1.54) is 12.1 Å². The van der Waals surface area contributed by atoms with E-state index < -0.39 is 4.92 Å². The molecule has 114 valence electrons. The summed E-state index contributed by atoms with van der Waals surface area (Å²) in [6.07, 6.45) is 0.690. The van der Waals surface area contributed by atoms with Gasteiger partial charge in [-0.25, -0.2) is 4.98 Å². The van der Waals surface area contributed by atoms with Crippen molar-refractivity contribution in [2.24, 2.45) is 0 Å². The number of fused-ring (bicyclic) bond motifs is 1. The fourth-order valence-corrected chi connectivity index (χ4v) is 2.48. The standard InChI is InChI=1S/C17H12N2O4/c1-23-16-9-8-15-14(7-4-12(10-20)18-15)17(16)11-2-5-13(6-3-11)19(21)22/h2-10H,1H3. The quantitative estimate of drug-likeness (QED) is 0.417. The van der Waals surface area contributed by atoms with Crippen LogP contribution in [-0.2, 0) is 0 Å². The highest BCUT2D eigenvalue weighted by Crippen LogP contribution is 2.37. The lowest BCUT2D eigenvalue weighted by Gasteiger charge is -2.12. The summed E-state index contributed by atoms with van der Waals surface area (Å²) in [6, 6.07) is 13.2. The van der Waals surface area contributed by atoms with Crippen molar-refractivity contribution in [3.8, 4) is 16.9 Å². The number of methoxy groups -OCH3 is 1. The lowest BCUT2D eigenvalue weighted by Crippen LogP contribution is -1.94. The fraction of sp³-hybridized carbons (Fsp3) is 0.0588. The van der Waals surface area contributed by atoms with Crippen molar-refractivity contribution in [2.75, 3.05) is 7.11 Å². The molecule has 1 heterocycles. The van der Waals surface area contributed by atoms with Crippen LogP contribution in [0.4, 0.5) is 5.69 Å². The minimum atomic E-state index is -0.442. The Morgan fingerprint density at radius 3 is 2.43 bits per heavy atom. The number of aromatic nitrogens is 1. The molecule has 0 unspecified atom stereocenters. The first-order valence-electron chi connectivity index (χ1n) is 6.82. The third kappa shape index (κ3) is 2.62. The Kier molecular flexibility index (Phi) is 3.72. The highest BCUT2D eigenvalue weighted by Gasteiger charge is 2.13. The third-order valence-electron chi connectivity index (χ3n) is 3.56. The van der Waals surface area contributed by atoms with Gasteiger partial charge in [0, 0.05) is 23.1 Å². The average Bonchev–Trinajstić information content (AvgIpc) is 2.60. The summed E-state index contributed by atoms with van der Waals surface area (Å²) in [6.45, 7) is 0. The van der Waals surface area contributed by atoms with E-state index in [0.717, 1.165) is 16.5 Å². The highest BCUT2D eigenvalue weighted by molar-refractivity contribution is 5.99. The van der Waals surface area contributed by atoms with Crippen molar-refractivity contribution in [3.63, 3.8) is 0 Å². The van der Waals surface area contributed by atoms with Crippen molar-refractivity contribution >= 4 is 22.9 Å². The summed E-state index contributed by atoms with van der Waals surface area (Å²) in [5, 5.41) is 11.6. The van der Waals surface area contributed by atoms with Gasteiger partial charge in [-0.15, -0.1) is 0 Å². The number of aldehydes is 1. The topological polar surface area (TPSA) is 82.3 Å². The van der Waals surface area contributed by atoms with E-state index in [0.29, 0.717) is 23.2 Å². The summed E-state index contributed by atoms with van der Waals surface area (Å²) < 4.78 is 5.41. The molecule has 23 heavy (non-hydrogen) atoms. The molecule has 6 nitrogen and oxygen atoms in total. The van der Waals surface area contributed by atoms with Crippen molar-refractivity contribution < 1.29 is 14.5 Å². The summed E-state index contributed by atoms with van der Waals surface area (Å²) in [4.78, 5) is 25.5. The molecule has 2 aromatic carbocycles. The smallest absolute Gasteiger partial charge is 0.269 e. The molecule has 0 atom stereocenters. The summed E-state index contributed by atoms with van der Waals surface area (Å²) in [5.41, 5.74) is 2.58. The number of nitro benzene ring substituents is 1. The maximum atomic E-state index is 10.9. The lowest BCUT2D eigenvalue weighted by molar-refractivity contribution is -0.384. The molecule has 0 saturated heterocycles. The number of hydrogen-bond donors (Lipinski definition) is 0. The first kappa shape index (κ1) is 14.6. The lowest BCUT2D eigenvalue weighted by atomic mass is 9.99. The zero-order valence-electron chi connectivity index (χ0n) is 12.2. The minimum absolute atomic E-state index is 0.0225. The Hall–Kier alpha value is -3.28. The van der Waals surface area contributed by atoms with Gasteiger partial charge in [0.15, 0.2) is 6.29 Å². The van der Waals surface area contributed by atoms with E-state index in [1.807, 2.05) is 0 Å². The number of hydrogen-bond acceptors (Lipinski definition) is 5. The predicted molar refractivity (Wildman–Crippen MR) is 85.8 cm³/mol. The molecule has 0 aliphatic carbocycles. The molecule has 3 rings (SSSR count). The number of nitrogens with zero attached hydrogens (tertiary/aromatic N) is 2. The number of nitro groups is 1. The Morgan fingerprint density at radius 2 is 1.83 bits per heavy atom. The van der Waals surface area contributed by atoms with Crippen LogP contribution in [0.1, 0.15) is 10.5 Å². The molecule has 0 amide bonds. The number of benzene rings is 2. The molecule has 0 aliphatic heterocycles. The first-order valence-corrected chi connectivity index (χ1v) is 6.82. The van der Waals surface area contributed by atoms with E-state index in [-0.39, 0.29) is 5.69 Å². The van der Waals surface area contributed by atoms with Gasteiger partial charge in [0.2, 0.25) is 0 Å². The van der Waals surface area contributed by atoms with Gasteiger partial charge in [0.25, 0.3) is 5.69 Å². The van der Waals surface area contributed by atoms with E-state index in [1.54, 1.807) is 43.5 Å². The third-order valence-corrected chi connectivity index (χ3v) is 3.56. The van der Waals surface area contributed by atoms with Crippen LogP contribution in [0.25, 0.3) is 22.0 Å². The maximum absolute atomic E-state index is 10.9. The summed E-state index contributed by atoms with van der Waals surface area (Å²) in [5.74, 6) is 0.631. The van der Waals surface area contributed by atoms with Gasteiger partial charge in [-0.2, -0.15) is 0 Å². The van der Waals surface area contributed by atoms with Crippen molar-refractivity contribution in [1.29, 1.82) is 0 Å². The fourth-order valence-electron chi connectivity index (χ4n) is 2.48. The van der Waals surface area contributed by atoms with E-state index in [9.17, 15) is 14.9 Å². The van der Waals surface area contributed by atoms with Crippen LogP contribution >= 0.6 is 0 Å². The highest BCUT2D eigenvalue weighted by atomic mass is 16.6. The molecular weight excluding hydrogens is 296 g/mol. The Morgan fingerprint density at radius 1 is 1.09 bits per heavy atom. The molecule has 0 fully saturated rings. The van der Waals surface area contributed by atoms with Crippen LogP contribution in [0.15, 0.2) is 48.5 Å². The Labute approximate surface area is 131 Å². The monoisotopic (exact) mass is 308 g/mol. The first-order chi connectivity index (χ1) is 11.1. The van der Waals surface area contributed by atoms with Crippen molar-refractivity contribution in [1.82, 2.24) is 4.98 Å². The molecule has 6 heteroatoms. The number of non-ortho nitro benzene ring substituents is 1. The van der Waals surface area contributed by atoms with Gasteiger partial charge < -0.3 is 4.74 Å². The van der Waals surface area contributed by atoms with Crippen LogP contribution in [-0.4, -0.2) is 23.3 Å². The van der Waals surface area contributed by atoms with Crippen LogP contribution < -0.4 is 4.74 Å². The van der Waals surface area contributed by atoms with Crippen LogP contribution in [0.2, 0.25) is 0 Å². The second-order valence-electron chi connectivity index (χ2n) is 4.87. The molecular formula is C17H12N2O4. The molecule has 0 N–H and O–H groups in total. The zero-order valence-corrected chi connectivity index (χ0v) is 12.2. The average molecular weight is 308 g/mol. The number of rotatable bonds is 4. The number of carbonyl (C=O) groups is 1. The normalized spacial score (nSPS) is 10.5. The zero-order chi connectivity index (χ0) is 16.4. The SMILES string of the molecule is COc1ccc2nc(C=O)ccc2c1-c1ccc([N+](=O)[O-])cc1. The van der Waals surface area contributed by atoms with Crippen molar-refractivity contribution in [2.45, 2.75) is 0 Å². The van der Waals surface area contributed by atoms with Crippen LogP contribution in [0, 0.1) is 10.1 Å².